The summed E-state index contributed by atoms with van der Waals surface area (Å²) in [5, 5.41) is 5.98. The standard InChI is InChI=1S/C27H36BFN2O5S.C24H27FN4O3S.C3H3BrN2/c1-18(19-6-12-22(29)13-7-19)30-25(32)20-8-14-23(15-9-20)31-37(33,34)24-16-10-21(11-17-24)28-35-26(2,3)27(4,5)36-28;1-16(17-2-8-20(25)9-3-17)28-24(30)19-4-10-21(11-5-19)29-33(31,32)22-12-6-18(7-13-22)23-26-14-15-27-23;4-3-5-1-2-6-3/h6-7,10-13,16-18,20,23,31H,8-9,14-15H2,1-5H3,(H,30,32);2-3,6-9,12-16,19,21,29H,4-5,10-11H2,1H3,(H,26,27)(H,28,30);1-2H,(H,5,6)/t18-,20?,23?;16-,19?,21?;/m11./s1. The Balaban J connectivity index is 0.000000200. The second kappa shape index (κ2) is 25.2. The number of carbonyl (C=O) groups excluding carboxylic acids is 2. The van der Waals surface area contributed by atoms with Crippen LogP contribution >= 0.6 is 15.9 Å². The summed E-state index contributed by atoms with van der Waals surface area (Å²) in [5.74, 6) is -0.408. The minimum atomic E-state index is -3.70. The van der Waals surface area contributed by atoms with Crippen molar-refractivity contribution in [3.63, 3.8) is 0 Å². The Kier molecular flexibility index (Phi) is 19.3. The molecule has 2 atom stereocenters. The molecular weight excluding hydrogens is 1080 g/mol. The third-order valence-corrected chi connectivity index (χ3v) is 17.9. The molecule has 2 aliphatic carbocycles. The number of hydrogen-bond donors (Lipinski definition) is 6. The van der Waals surface area contributed by atoms with Gasteiger partial charge >= 0.3 is 7.12 Å². The summed E-state index contributed by atoms with van der Waals surface area (Å²) in [5.41, 5.74) is 2.29. The first-order valence-corrected chi connectivity index (χ1v) is 29.1. The highest BCUT2D eigenvalue weighted by atomic mass is 79.9. The molecule has 76 heavy (non-hydrogen) atoms. The van der Waals surface area contributed by atoms with Gasteiger partial charge in [-0.15, -0.1) is 0 Å². The number of nitrogens with zero attached hydrogens (tertiary/aromatic N) is 2. The highest BCUT2D eigenvalue weighted by Gasteiger charge is 2.51. The fraction of sp³-hybridized carbons (Fsp3) is 0.407. The second-order valence-electron chi connectivity index (χ2n) is 20.4. The third kappa shape index (κ3) is 15.5. The fourth-order valence-electron chi connectivity index (χ4n) is 9.10. The van der Waals surface area contributed by atoms with Crippen molar-refractivity contribution >= 4 is 60.4 Å². The van der Waals surface area contributed by atoms with Crippen LogP contribution in [-0.4, -0.2) is 79.0 Å². The maximum absolute atomic E-state index is 13.2. The number of amides is 2. The molecule has 3 aliphatic rings. The molecule has 0 spiro atoms. The van der Waals surface area contributed by atoms with Gasteiger partial charge in [0.1, 0.15) is 17.5 Å². The van der Waals surface area contributed by atoms with Gasteiger partial charge in [-0.1, -0.05) is 36.4 Å². The van der Waals surface area contributed by atoms with Crippen molar-refractivity contribution in [3.8, 4) is 11.4 Å². The molecule has 1 aliphatic heterocycles. The Morgan fingerprint density at radius 1 is 0.605 bits per heavy atom. The Labute approximate surface area is 453 Å². The summed E-state index contributed by atoms with van der Waals surface area (Å²) in [6.07, 6.45) is 11.5. The zero-order valence-corrected chi connectivity index (χ0v) is 46.6. The van der Waals surface area contributed by atoms with Gasteiger partial charge in [0.05, 0.1) is 33.1 Å². The van der Waals surface area contributed by atoms with Crippen molar-refractivity contribution in [3.05, 3.63) is 149 Å². The molecule has 6 N–H and O–H groups in total. The maximum atomic E-state index is 13.2. The number of halogens is 3. The van der Waals surface area contributed by atoms with Crippen LogP contribution in [0.3, 0.4) is 0 Å². The largest absolute Gasteiger partial charge is 0.494 e. The molecule has 0 bridgehead atoms. The molecule has 3 fully saturated rings. The van der Waals surface area contributed by atoms with Gasteiger partial charge in [-0.2, -0.15) is 0 Å². The van der Waals surface area contributed by atoms with Crippen LogP contribution in [0.25, 0.3) is 11.4 Å². The minimum absolute atomic E-state index is 0.0540. The molecule has 2 aromatic heterocycles. The van der Waals surface area contributed by atoms with Gasteiger partial charge < -0.3 is 29.9 Å². The first-order valence-electron chi connectivity index (χ1n) is 25.3. The van der Waals surface area contributed by atoms with Crippen LogP contribution in [0, 0.1) is 23.5 Å². The molecule has 406 valence electrons. The van der Waals surface area contributed by atoms with E-state index in [0.717, 1.165) is 26.9 Å². The average molecular weight is 1150 g/mol. The van der Waals surface area contributed by atoms with Gasteiger partial charge in [-0.05, 0) is 186 Å². The quantitative estimate of drug-likeness (QED) is 0.0568. The van der Waals surface area contributed by atoms with Crippen molar-refractivity contribution in [1.29, 1.82) is 0 Å². The highest BCUT2D eigenvalue weighted by Crippen LogP contribution is 2.37. The van der Waals surface area contributed by atoms with Gasteiger partial charge in [0.25, 0.3) is 0 Å². The predicted molar refractivity (Wildman–Crippen MR) is 291 cm³/mol. The lowest BCUT2D eigenvalue weighted by Crippen LogP contribution is -2.41. The molecule has 0 unspecified atom stereocenters. The molecule has 0 radical (unpaired) electrons. The van der Waals surface area contributed by atoms with Gasteiger partial charge in [0.2, 0.25) is 31.9 Å². The van der Waals surface area contributed by atoms with Crippen LogP contribution in [0.15, 0.2) is 136 Å². The van der Waals surface area contributed by atoms with E-state index in [1.165, 1.54) is 24.3 Å². The maximum Gasteiger partial charge on any atom is 0.494 e. The van der Waals surface area contributed by atoms with Crippen molar-refractivity contribution in [2.75, 3.05) is 0 Å². The summed E-state index contributed by atoms with van der Waals surface area (Å²) in [6, 6.07) is 24.4. The first kappa shape index (κ1) is 58.1. The Hall–Kier alpha value is -5.62. The number of nitrogens with one attached hydrogen (secondary N) is 6. The average Bonchev–Trinajstić information content (AvgIpc) is 4.17. The number of carbonyl (C=O) groups is 2. The SMILES string of the molecule is Brc1ncc[nH]1.C[C@@H](NC(=O)C1CCC(NS(=O)(=O)c2ccc(-c3ncc[nH]3)cc2)CC1)c1ccc(F)cc1.C[C@@H](NC(=O)C1CCC(NS(=O)(=O)c2ccc(B3OC(C)(C)C(C)(C)O3)cc2)CC1)c1ccc(F)cc1. The Morgan fingerprint density at radius 3 is 1.36 bits per heavy atom. The zero-order chi connectivity index (χ0) is 54.8. The van der Waals surface area contributed by atoms with Crippen LogP contribution in [0.5, 0.6) is 0 Å². The summed E-state index contributed by atoms with van der Waals surface area (Å²) < 4.78 is 96.3. The van der Waals surface area contributed by atoms with Crippen LogP contribution in [0.1, 0.15) is 116 Å². The predicted octanol–water partition coefficient (Wildman–Crippen LogP) is 8.94. The Morgan fingerprint density at radius 2 is 1.00 bits per heavy atom. The van der Waals surface area contributed by atoms with E-state index in [4.69, 9.17) is 9.31 Å². The van der Waals surface area contributed by atoms with Crippen LogP contribution in [-0.2, 0) is 38.9 Å². The number of imidazole rings is 2. The van der Waals surface area contributed by atoms with Crippen LogP contribution in [0.2, 0.25) is 0 Å². The smallest absolute Gasteiger partial charge is 0.399 e. The molecule has 9 rings (SSSR count). The molecule has 2 saturated carbocycles. The topological polar surface area (TPSA) is 226 Å². The monoisotopic (exact) mass is 1150 g/mol. The van der Waals surface area contributed by atoms with E-state index >= 15 is 0 Å². The lowest BCUT2D eigenvalue weighted by Gasteiger charge is -2.32. The van der Waals surface area contributed by atoms with Crippen molar-refractivity contribution in [2.45, 2.75) is 138 Å². The van der Waals surface area contributed by atoms with E-state index in [2.05, 4.69) is 55.9 Å². The van der Waals surface area contributed by atoms with Crippen molar-refractivity contribution in [1.82, 2.24) is 40.0 Å². The van der Waals surface area contributed by atoms with Gasteiger partial charge in [0.15, 0.2) is 4.73 Å². The summed E-state index contributed by atoms with van der Waals surface area (Å²) in [7, 11) is -7.91. The van der Waals surface area contributed by atoms with E-state index in [9.17, 15) is 35.2 Å². The molecule has 16 nitrogen and oxygen atoms in total. The number of sulfonamides is 2. The normalized spacial score (nSPS) is 20.9. The molecule has 6 aromatic rings. The van der Waals surface area contributed by atoms with Gasteiger partial charge in [-0.3, -0.25) is 9.59 Å². The fourth-order valence-corrected chi connectivity index (χ4v) is 12.0. The number of rotatable bonds is 14. The summed E-state index contributed by atoms with van der Waals surface area (Å²) >= 11 is 3.11. The molecule has 1 saturated heterocycles. The molecule has 3 heterocycles. The summed E-state index contributed by atoms with van der Waals surface area (Å²) in [4.78, 5) is 39.5. The first-order chi connectivity index (χ1) is 36.0. The zero-order valence-electron chi connectivity index (χ0n) is 43.4. The lowest BCUT2D eigenvalue weighted by atomic mass is 9.79. The van der Waals surface area contributed by atoms with E-state index in [-0.39, 0.29) is 69.2 Å². The molecule has 22 heteroatoms. The number of aromatic nitrogens is 4. The number of aromatic amines is 2. The molecule has 2 amide bonds. The number of benzene rings is 4. The van der Waals surface area contributed by atoms with E-state index in [1.54, 1.807) is 97.6 Å². The second-order valence-corrected chi connectivity index (χ2v) is 24.6. The molecule has 4 aromatic carbocycles. The van der Waals surface area contributed by atoms with Crippen molar-refractivity contribution < 1.29 is 44.5 Å². The van der Waals surface area contributed by atoms with E-state index in [0.29, 0.717) is 57.2 Å². The van der Waals surface area contributed by atoms with Gasteiger partial charge in [0, 0.05) is 54.3 Å². The lowest BCUT2D eigenvalue weighted by molar-refractivity contribution is -0.127. The van der Waals surface area contributed by atoms with E-state index in [1.807, 2.05) is 41.5 Å². The number of hydrogen-bond acceptors (Lipinski definition) is 10. The van der Waals surface area contributed by atoms with Crippen molar-refractivity contribution in [2.24, 2.45) is 11.8 Å². The van der Waals surface area contributed by atoms with Gasteiger partial charge in [-0.25, -0.2) is 45.0 Å². The third-order valence-electron chi connectivity index (χ3n) is 14.4. The molecular formula is C54H66BBrF2N8O8S2. The van der Waals surface area contributed by atoms with Crippen LogP contribution in [0.4, 0.5) is 8.78 Å². The number of H-pyrrole nitrogens is 2. The minimum Gasteiger partial charge on any atom is -0.399 e. The Bertz CT molecular complexity index is 3040. The van der Waals surface area contributed by atoms with Crippen LogP contribution < -0.4 is 25.5 Å². The highest BCUT2D eigenvalue weighted by molar-refractivity contribution is 9.10. The summed E-state index contributed by atoms with van der Waals surface area (Å²) in [6.45, 7) is 11.6. The van der Waals surface area contributed by atoms with E-state index < -0.39 is 38.4 Å².